The van der Waals surface area contributed by atoms with E-state index in [-0.39, 0.29) is 0 Å². The maximum atomic E-state index is 3.56. The number of nitrogens with one attached hydrogen (secondary N) is 1. The quantitative estimate of drug-likeness (QED) is 0.684. The zero-order valence-corrected chi connectivity index (χ0v) is 7.96. The first kappa shape index (κ1) is 7.57. The SMILES string of the molecule is C[C@@H]1NC[C@@H]2C[C@@]21c1ccccc1. The van der Waals surface area contributed by atoms with Crippen molar-refractivity contribution >= 4 is 0 Å². The van der Waals surface area contributed by atoms with E-state index in [1.165, 1.54) is 18.5 Å². The van der Waals surface area contributed by atoms with E-state index in [1.807, 2.05) is 0 Å². The molecule has 0 spiro atoms. The molecule has 1 aromatic carbocycles. The summed E-state index contributed by atoms with van der Waals surface area (Å²) in [6.45, 7) is 3.54. The highest BCUT2D eigenvalue weighted by Crippen LogP contribution is 2.59. The van der Waals surface area contributed by atoms with E-state index in [1.54, 1.807) is 0 Å². The lowest BCUT2D eigenvalue weighted by Crippen LogP contribution is -2.31. The number of fused-ring (bicyclic) bond motifs is 1. The zero-order chi connectivity index (χ0) is 8.89. The summed E-state index contributed by atoms with van der Waals surface area (Å²) in [7, 11) is 0. The smallest absolute Gasteiger partial charge is 0.0148 e. The molecule has 1 nitrogen and oxygen atoms in total. The Balaban J connectivity index is 2.02. The monoisotopic (exact) mass is 173 g/mol. The Kier molecular flexibility index (Phi) is 1.37. The Bertz CT molecular complexity index is 319. The van der Waals surface area contributed by atoms with E-state index < -0.39 is 0 Å². The molecule has 68 valence electrons. The third-order valence-electron chi connectivity index (χ3n) is 3.91. The molecule has 0 amide bonds. The second kappa shape index (κ2) is 2.36. The standard InChI is InChI=1S/C12H15N/c1-9-12(7-11(12)8-13-9)10-5-3-2-4-6-10/h2-6,9,11,13H,7-8H2,1H3/t9-,11-,12+/m0/s1. The van der Waals surface area contributed by atoms with Gasteiger partial charge in [0, 0.05) is 11.5 Å². The van der Waals surface area contributed by atoms with Gasteiger partial charge in [-0.2, -0.15) is 0 Å². The molecule has 1 saturated carbocycles. The van der Waals surface area contributed by atoms with E-state index in [4.69, 9.17) is 0 Å². The molecule has 1 aromatic rings. The Morgan fingerprint density at radius 3 is 2.62 bits per heavy atom. The molecule has 3 rings (SSSR count). The Morgan fingerprint density at radius 1 is 1.31 bits per heavy atom. The third-order valence-corrected chi connectivity index (χ3v) is 3.91. The highest BCUT2D eigenvalue weighted by molar-refractivity contribution is 5.38. The molecule has 1 aliphatic carbocycles. The average molecular weight is 173 g/mol. The minimum Gasteiger partial charge on any atom is -0.313 e. The van der Waals surface area contributed by atoms with E-state index >= 15 is 0 Å². The van der Waals surface area contributed by atoms with Crippen LogP contribution >= 0.6 is 0 Å². The molecular formula is C12H15N. The van der Waals surface area contributed by atoms with Crippen molar-refractivity contribution in [3.8, 4) is 0 Å². The van der Waals surface area contributed by atoms with Crippen LogP contribution in [0.1, 0.15) is 18.9 Å². The molecule has 0 radical (unpaired) electrons. The van der Waals surface area contributed by atoms with Gasteiger partial charge in [0.1, 0.15) is 0 Å². The molecule has 0 bridgehead atoms. The molecule has 1 heterocycles. The summed E-state index contributed by atoms with van der Waals surface area (Å²) < 4.78 is 0. The van der Waals surface area contributed by atoms with Gasteiger partial charge >= 0.3 is 0 Å². The summed E-state index contributed by atoms with van der Waals surface area (Å²) >= 11 is 0. The fourth-order valence-corrected chi connectivity index (χ4v) is 2.99. The van der Waals surface area contributed by atoms with Crippen LogP contribution < -0.4 is 5.32 Å². The first-order valence-corrected chi connectivity index (χ1v) is 5.13. The van der Waals surface area contributed by atoms with Crippen molar-refractivity contribution in [3.05, 3.63) is 35.9 Å². The van der Waals surface area contributed by atoms with Gasteiger partial charge in [0.15, 0.2) is 0 Å². The van der Waals surface area contributed by atoms with Crippen LogP contribution in [0.4, 0.5) is 0 Å². The van der Waals surface area contributed by atoms with E-state index in [0.717, 1.165) is 5.92 Å². The van der Waals surface area contributed by atoms with Gasteiger partial charge in [0.05, 0.1) is 0 Å². The molecule has 0 aromatic heterocycles. The van der Waals surface area contributed by atoms with Gasteiger partial charge < -0.3 is 5.32 Å². The van der Waals surface area contributed by atoms with Crippen molar-refractivity contribution in [2.24, 2.45) is 5.92 Å². The zero-order valence-electron chi connectivity index (χ0n) is 7.96. The fraction of sp³-hybridized carbons (Fsp3) is 0.500. The van der Waals surface area contributed by atoms with E-state index in [9.17, 15) is 0 Å². The van der Waals surface area contributed by atoms with Gasteiger partial charge in [-0.05, 0) is 31.4 Å². The lowest BCUT2D eigenvalue weighted by molar-refractivity contribution is 0.520. The number of rotatable bonds is 1. The largest absolute Gasteiger partial charge is 0.313 e. The Labute approximate surface area is 79.2 Å². The highest BCUT2D eigenvalue weighted by Gasteiger charge is 2.61. The predicted octanol–water partition coefficient (Wildman–Crippen LogP) is 1.94. The molecule has 13 heavy (non-hydrogen) atoms. The van der Waals surface area contributed by atoms with Crippen LogP contribution in [0.5, 0.6) is 0 Å². The summed E-state index contributed by atoms with van der Waals surface area (Å²) in [5.41, 5.74) is 2.04. The number of hydrogen-bond donors (Lipinski definition) is 1. The number of hydrogen-bond acceptors (Lipinski definition) is 1. The molecule has 3 atom stereocenters. The molecule has 1 aliphatic heterocycles. The summed E-state index contributed by atoms with van der Waals surface area (Å²) in [5, 5.41) is 3.56. The summed E-state index contributed by atoms with van der Waals surface area (Å²) in [6, 6.07) is 11.6. The molecule has 1 saturated heterocycles. The topological polar surface area (TPSA) is 12.0 Å². The summed E-state index contributed by atoms with van der Waals surface area (Å²) in [4.78, 5) is 0. The summed E-state index contributed by atoms with van der Waals surface area (Å²) in [6.07, 6.45) is 1.39. The number of benzene rings is 1. The van der Waals surface area contributed by atoms with Gasteiger partial charge in [-0.3, -0.25) is 0 Å². The lowest BCUT2D eigenvalue weighted by Gasteiger charge is -2.19. The van der Waals surface area contributed by atoms with Crippen molar-refractivity contribution in [2.45, 2.75) is 24.8 Å². The van der Waals surface area contributed by atoms with Crippen LogP contribution in [0, 0.1) is 5.92 Å². The third kappa shape index (κ3) is 0.856. The molecule has 0 unspecified atom stereocenters. The van der Waals surface area contributed by atoms with Crippen molar-refractivity contribution in [2.75, 3.05) is 6.54 Å². The van der Waals surface area contributed by atoms with Crippen LogP contribution in [0.15, 0.2) is 30.3 Å². The van der Waals surface area contributed by atoms with Crippen molar-refractivity contribution in [1.29, 1.82) is 0 Å². The number of piperidine rings is 1. The van der Waals surface area contributed by atoms with E-state index in [2.05, 4.69) is 42.6 Å². The first-order chi connectivity index (χ1) is 6.34. The molecule has 2 fully saturated rings. The van der Waals surface area contributed by atoms with Crippen molar-refractivity contribution < 1.29 is 0 Å². The highest BCUT2D eigenvalue weighted by atomic mass is 15.0. The van der Waals surface area contributed by atoms with Crippen molar-refractivity contribution in [1.82, 2.24) is 5.32 Å². The molecule has 1 heteroatoms. The van der Waals surface area contributed by atoms with E-state index in [0.29, 0.717) is 11.5 Å². The van der Waals surface area contributed by atoms with Crippen LogP contribution in [0.2, 0.25) is 0 Å². The van der Waals surface area contributed by atoms with Crippen LogP contribution in [0.3, 0.4) is 0 Å². The Morgan fingerprint density at radius 2 is 2.08 bits per heavy atom. The predicted molar refractivity (Wildman–Crippen MR) is 53.7 cm³/mol. The minimum absolute atomic E-state index is 0.501. The van der Waals surface area contributed by atoms with Gasteiger partial charge in [0.25, 0.3) is 0 Å². The second-order valence-electron chi connectivity index (χ2n) is 4.44. The van der Waals surface area contributed by atoms with Gasteiger partial charge in [-0.1, -0.05) is 30.3 Å². The van der Waals surface area contributed by atoms with Crippen LogP contribution in [0.25, 0.3) is 0 Å². The van der Waals surface area contributed by atoms with Crippen LogP contribution in [-0.2, 0) is 5.41 Å². The van der Waals surface area contributed by atoms with Crippen LogP contribution in [-0.4, -0.2) is 12.6 Å². The molecule has 1 N–H and O–H groups in total. The average Bonchev–Trinajstić information content (AvgIpc) is 2.84. The summed E-state index contributed by atoms with van der Waals surface area (Å²) in [5.74, 6) is 0.907. The van der Waals surface area contributed by atoms with Gasteiger partial charge in [0.2, 0.25) is 0 Å². The maximum absolute atomic E-state index is 3.56. The lowest BCUT2D eigenvalue weighted by atomic mass is 9.89. The molecule has 2 aliphatic rings. The first-order valence-electron chi connectivity index (χ1n) is 5.13. The maximum Gasteiger partial charge on any atom is 0.0148 e. The normalized spacial score (nSPS) is 41.6. The van der Waals surface area contributed by atoms with Crippen molar-refractivity contribution in [3.63, 3.8) is 0 Å². The minimum atomic E-state index is 0.501. The van der Waals surface area contributed by atoms with Gasteiger partial charge in [-0.15, -0.1) is 0 Å². The second-order valence-corrected chi connectivity index (χ2v) is 4.44. The Hall–Kier alpha value is -0.820. The van der Waals surface area contributed by atoms with Gasteiger partial charge in [-0.25, -0.2) is 0 Å². The fourth-order valence-electron chi connectivity index (χ4n) is 2.99. The molecular weight excluding hydrogens is 158 g/mol.